The molecule has 12 aromatic carbocycles. The molecule has 278 valence electrons. The Bertz CT molecular complexity index is 3330. The molecule has 12 aromatic rings. The second kappa shape index (κ2) is 13.9. The van der Waals surface area contributed by atoms with Gasteiger partial charge >= 0.3 is 0 Å². The molecule has 0 radical (unpaired) electrons. The first-order valence-corrected chi connectivity index (χ1v) is 20.8. The molecule has 0 spiro atoms. The molecule has 0 aliphatic heterocycles. The Balaban J connectivity index is 1.28. The van der Waals surface area contributed by atoms with Crippen LogP contribution in [0.15, 0.2) is 231 Å². The van der Waals surface area contributed by atoms with Gasteiger partial charge in [0.05, 0.1) is 0 Å². The van der Waals surface area contributed by atoms with Gasteiger partial charge in [0, 0.05) is 0 Å². The van der Waals surface area contributed by atoms with Gasteiger partial charge in [-0.1, -0.05) is 218 Å². The smallest absolute Gasteiger partial charge is 0.00139 e. The van der Waals surface area contributed by atoms with Crippen LogP contribution in [0.2, 0.25) is 0 Å². The molecule has 60 heavy (non-hydrogen) atoms. The highest BCUT2D eigenvalue weighted by atomic mass is 14.3. The maximum atomic E-state index is 2.47. The van der Waals surface area contributed by atoms with E-state index in [0.29, 0.717) is 0 Å². The molecule has 0 fully saturated rings. The van der Waals surface area contributed by atoms with Gasteiger partial charge in [0.25, 0.3) is 0 Å². The summed E-state index contributed by atoms with van der Waals surface area (Å²) in [6.07, 6.45) is 0. The van der Waals surface area contributed by atoms with Crippen LogP contribution in [0.5, 0.6) is 0 Å². The summed E-state index contributed by atoms with van der Waals surface area (Å²) in [6.45, 7) is 0. The standard InChI is InChI=1S/C60H38/c1-3-17-39(18-4-1)43-27-11-13-29-47(43)55-37-57(49-31-15-23-41-21-7-9-25-45(41)49)53-36-34-52-56(48-30-14-12-28-44(48)40-19-5-2-6-20-40)38-58(54-35-33-51(55)59(53)60(52)54)50-32-16-24-42-22-8-10-26-46(42)50/h1-38H. The maximum Gasteiger partial charge on any atom is -0.00139 e. The van der Waals surface area contributed by atoms with Gasteiger partial charge in [0.15, 0.2) is 0 Å². The highest BCUT2D eigenvalue weighted by Crippen LogP contribution is 2.51. The third-order valence-electron chi connectivity index (χ3n) is 12.7. The number of fused-ring (bicyclic) bond motifs is 2. The molecule has 0 aliphatic rings. The van der Waals surface area contributed by atoms with Gasteiger partial charge in [-0.3, -0.25) is 0 Å². The highest BCUT2D eigenvalue weighted by Gasteiger charge is 2.23. The average molecular weight is 759 g/mol. The second-order valence-electron chi connectivity index (χ2n) is 15.9. The summed E-state index contributed by atoms with van der Waals surface area (Å²) in [5.41, 5.74) is 14.8. The van der Waals surface area contributed by atoms with Gasteiger partial charge < -0.3 is 0 Å². The van der Waals surface area contributed by atoms with Gasteiger partial charge in [0.1, 0.15) is 0 Å². The average Bonchev–Trinajstić information content (AvgIpc) is 3.33. The van der Waals surface area contributed by atoms with E-state index in [1.54, 1.807) is 0 Å². The van der Waals surface area contributed by atoms with Gasteiger partial charge in [0.2, 0.25) is 0 Å². The van der Waals surface area contributed by atoms with Crippen molar-refractivity contribution < 1.29 is 0 Å². The SMILES string of the molecule is c1ccc(-c2ccccc2-c2cc(-c3cccc4ccccc34)c3ccc4c(-c5ccccc5-c5ccccc5)cc(-c5cccc6ccccc56)c5ccc2c3c45)cc1. The summed E-state index contributed by atoms with van der Waals surface area (Å²) in [7, 11) is 0. The molecule has 0 amide bonds. The van der Waals surface area contributed by atoms with E-state index in [2.05, 4.69) is 231 Å². The largest absolute Gasteiger partial charge is 0.0622 e. The van der Waals surface area contributed by atoms with E-state index in [9.17, 15) is 0 Å². The lowest BCUT2D eigenvalue weighted by atomic mass is 9.80. The Morgan fingerprint density at radius 1 is 0.167 bits per heavy atom. The van der Waals surface area contributed by atoms with E-state index in [0.717, 1.165) is 0 Å². The summed E-state index contributed by atoms with van der Waals surface area (Å²) in [5.74, 6) is 0. The molecule has 0 atom stereocenters. The topological polar surface area (TPSA) is 0 Å². The van der Waals surface area contributed by atoms with Gasteiger partial charge in [-0.25, -0.2) is 0 Å². The van der Waals surface area contributed by atoms with Crippen molar-refractivity contribution in [1.29, 1.82) is 0 Å². The Morgan fingerprint density at radius 3 is 0.883 bits per heavy atom. The zero-order valence-corrected chi connectivity index (χ0v) is 32.9. The Labute approximate surface area is 349 Å². The molecule has 0 heteroatoms. The highest BCUT2D eigenvalue weighted by molar-refractivity contribution is 6.33. The number of benzene rings is 12. The van der Waals surface area contributed by atoms with Crippen LogP contribution in [0, 0.1) is 0 Å². The van der Waals surface area contributed by atoms with Crippen molar-refractivity contribution in [1.82, 2.24) is 0 Å². The number of hydrogen-bond donors (Lipinski definition) is 0. The molecule has 0 bridgehead atoms. The van der Waals surface area contributed by atoms with E-state index in [1.807, 2.05) is 0 Å². The molecule has 12 rings (SSSR count). The minimum absolute atomic E-state index is 1.21. The fourth-order valence-corrected chi connectivity index (χ4v) is 9.98. The molecule has 0 saturated heterocycles. The Morgan fingerprint density at radius 2 is 0.467 bits per heavy atom. The third kappa shape index (κ3) is 5.39. The Hall–Kier alpha value is -7.80. The van der Waals surface area contributed by atoms with Gasteiger partial charge in [-0.15, -0.1) is 0 Å². The lowest BCUT2D eigenvalue weighted by molar-refractivity contribution is 1.59. The van der Waals surface area contributed by atoms with Crippen molar-refractivity contribution in [3.05, 3.63) is 231 Å². The van der Waals surface area contributed by atoms with Crippen LogP contribution in [0.1, 0.15) is 0 Å². The van der Waals surface area contributed by atoms with E-state index in [-0.39, 0.29) is 0 Å². The van der Waals surface area contributed by atoms with Crippen molar-refractivity contribution in [2.75, 3.05) is 0 Å². The molecule has 0 unspecified atom stereocenters. The van der Waals surface area contributed by atoms with Gasteiger partial charge in [-0.05, 0) is 133 Å². The summed E-state index contributed by atoms with van der Waals surface area (Å²) < 4.78 is 0. The first kappa shape index (κ1) is 34.3. The summed E-state index contributed by atoms with van der Waals surface area (Å²) in [6, 6.07) is 85.2. The van der Waals surface area contributed by atoms with E-state index < -0.39 is 0 Å². The monoisotopic (exact) mass is 758 g/mol. The maximum absolute atomic E-state index is 2.47. The molecule has 0 aromatic heterocycles. The molecule has 0 saturated carbocycles. The van der Waals surface area contributed by atoms with E-state index in [1.165, 1.54) is 121 Å². The van der Waals surface area contributed by atoms with E-state index in [4.69, 9.17) is 0 Å². The predicted molar refractivity (Wildman–Crippen MR) is 258 cm³/mol. The number of hydrogen-bond acceptors (Lipinski definition) is 0. The van der Waals surface area contributed by atoms with Crippen molar-refractivity contribution in [3.8, 4) is 66.8 Å². The zero-order valence-electron chi connectivity index (χ0n) is 32.9. The molecule has 0 N–H and O–H groups in total. The molecular weight excluding hydrogens is 721 g/mol. The fraction of sp³-hybridized carbons (Fsp3) is 0. The van der Waals surface area contributed by atoms with Crippen molar-refractivity contribution in [3.63, 3.8) is 0 Å². The first-order valence-electron chi connectivity index (χ1n) is 20.8. The molecule has 0 heterocycles. The third-order valence-corrected chi connectivity index (χ3v) is 12.7. The fourth-order valence-electron chi connectivity index (χ4n) is 9.98. The first-order chi connectivity index (χ1) is 29.8. The minimum atomic E-state index is 1.21. The minimum Gasteiger partial charge on any atom is -0.0622 e. The van der Waals surface area contributed by atoms with Crippen LogP contribution in [0.25, 0.3) is 121 Å². The summed E-state index contributed by atoms with van der Waals surface area (Å²) in [5, 5.41) is 12.6. The quantitative estimate of drug-likeness (QED) is 0.148. The molecular formula is C60H38. The van der Waals surface area contributed by atoms with Crippen LogP contribution in [-0.2, 0) is 0 Å². The van der Waals surface area contributed by atoms with Crippen molar-refractivity contribution >= 4 is 53.9 Å². The van der Waals surface area contributed by atoms with Crippen LogP contribution in [0.4, 0.5) is 0 Å². The van der Waals surface area contributed by atoms with Crippen LogP contribution in [-0.4, -0.2) is 0 Å². The van der Waals surface area contributed by atoms with Gasteiger partial charge in [-0.2, -0.15) is 0 Å². The second-order valence-corrected chi connectivity index (χ2v) is 15.9. The Kier molecular flexibility index (Phi) is 7.96. The lowest BCUT2D eigenvalue weighted by Crippen LogP contribution is -1.96. The van der Waals surface area contributed by atoms with Crippen LogP contribution >= 0.6 is 0 Å². The van der Waals surface area contributed by atoms with Crippen molar-refractivity contribution in [2.45, 2.75) is 0 Å². The van der Waals surface area contributed by atoms with E-state index >= 15 is 0 Å². The zero-order chi connectivity index (χ0) is 39.6. The summed E-state index contributed by atoms with van der Waals surface area (Å²) in [4.78, 5) is 0. The lowest BCUT2D eigenvalue weighted by Gasteiger charge is -2.23. The molecule has 0 nitrogen and oxygen atoms in total. The number of rotatable bonds is 6. The normalized spacial score (nSPS) is 11.7. The van der Waals surface area contributed by atoms with Crippen LogP contribution in [0.3, 0.4) is 0 Å². The van der Waals surface area contributed by atoms with Crippen molar-refractivity contribution in [2.24, 2.45) is 0 Å². The predicted octanol–water partition coefficient (Wildman–Crippen LogP) is 16.9. The van der Waals surface area contributed by atoms with Crippen LogP contribution < -0.4 is 0 Å². The molecule has 0 aliphatic carbocycles. The summed E-state index contributed by atoms with van der Waals surface area (Å²) >= 11 is 0.